The molecule has 0 heterocycles. The molecule has 0 saturated heterocycles. The molecule has 0 atom stereocenters. The van der Waals surface area contributed by atoms with E-state index in [4.69, 9.17) is 0 Å². The first kappa shape index (κ1) is 35.0. The Kier molecular flexibility index (Phi) is 17.6. The van der Waals surface area contributed by atoms with Gasteiger partial charge in [-0.25, -0.2) is 0 Å². The molecule has 0 N–H and O–H groups in total. The van der Waals surface area contributed by atoms with Gasteiger partial charge in [0.2, 0.25) is 0 Å². The average molecular weight is 599 g/mol. The van der Waals surface area contributed by atoms with Crippen molar-refractivity contribution in [2.24, 2.45) is 0 Å². The molecule has 0 aliphatic heterocycles. The monoisotopic (exact) mass is 598 g/mol. The normalized spacial score (nSPS) is 10.9. The number of hydrogen-bond donors (Lipinski definition) is 0. The molecule has 0 aromatic heterocycles. The summed E-state index contributed by atoms with van der Waals surface area (Å²) in [7, 11) is 0.0642. The van der Waals surface area contributed by atoms with Crippen molar-refractivity contribution in [1.29, 1.82) is 0 Å². The first-order valence-electron chi connectivity index (χ1n) is 13.8. The molecule has 4 heteroatoms. The fraction of sp³-hybridized carbons (Fsp3) is 0.382. The second-order valence-electron chi connectivity index (χ2n) is 9.85. The summed E-state index contributed by atoms with van der Waals surface area (Å²) in [4.78, 5) is 0. The molecule has 5 rings (SSSR count). The van der Waals surface area contributed by atoms with E-state index in [1.165, 1.54) is 96.7 Å². The summed E-state index contributed by atoms with van der Waals surface area (Å²) in [5.41, 5.74) is 5.51. The number of unbranched alkanes of at least 4 members (excludes halogenated alkanes) is 6. The Bertz CT molecular complexity index is 1100. The van der Waals surface area contributed by atoms with Crippen LogP contribution in [-0.4, -0.2) is 12.3 Å². The van der Waals surface area contributed by atoms with Crippen LogP contribution in [0.2, 0.25) is 0 Å². The maximum Gasteiger partial charge on any atom is 4.00 e. The number of halogens is 2. The molecule has 0 fully saturated rings. The maximum atomic E-state index is 3.30. The molecule has 1 aliphatic rings. The standard InChI is InChI=1S/C21H32P.C13H9.2ClH.Ti/c1-3-5-7-11-15-22(16-12-8-6-4-2)21-17-19-13-9-10-14-20(19)18-21;1-3-7-12-10(5-1)9-11-6-2-4-8-13(11)12;;;/h9-10,13-14,17-18H,3-8,11-12,15-16H2,1-2H3;1-5,7-8H,9H2;2*1H;/q2*-1;;;+4/p-2. The van der Waals surface area contributed by atoms with Gasteiger partial charge in [0.1, 0.15) is 0 Å². The van der Waals surface area contributed by atoms with Crippen LogP contribution < -0.4 is 30.1 Å². The molecule has 0 unspecified atom stereocenters. The molecular formula is C34H41Cl2PTi. The molecule has 4 aromatic rings. The largest absolute Gasteiger partial charge is 4.00 e. The number of fused-ring (bicyclic) bond motifs is 4. The van der Waals surface area contributed by atoms with Gasteiger partial charge in [0.05, 0.1) is 0 Å². The number of rotatable bonds is 11. The Morgan fingerprint density at radius 3 is 2.05 bits per heavy atom. The van der Waals surface area contributed by atoms with Crippen LogP contribution in [0, 0.1) is 6.07 Å². The summed E-state index contributed by atoms with van der Waals surface area (Å²) in [6.07, 6.45) is 15.1. The summed E-state index contributed by atoms with van der Waals surface area (Å²) in [6, 6.07) is 31.9. The molecule has 0 nitrogen and oxygen atoms in total. The minimum Gasteiger partial charge on any atom is -1.00 e. The predicted molar refractivity (Wildman–Crippen MR) is 158 cm³/mol. The van der Waals surface area contributed by atoms with Gasteiger partial charge in [-0.05, 0) is 31.6 Å². The molecule has 0 saturated carbocycles. The Morgan fingerprint density at radius 2 is 1.37 bits per heavy atom. The van der Waals surface area contributed by atoms with Gasteiger partial charge in [-0.2, -0.15) is 35.9 Å². The van der Waals surface area contributed by atoms with E-state index in [0.717, 1.165) is 6.42 Å². The van der Waals surface area contributed by atoms with Gasteiger partial charge < -0.3 is 24.8 Å². The molecular weight excluding hydrogens is 558 g/mol. The summed E-state index contributed by atoms with van der Waals surface area (Å²) in [5, 5.41) is 4.53. The van der Waals surface area contributed by atoms with E-state index >= 15 is 0 Å². The third-order valence-corrected chi connectivity index (χ3v) is 9.85. The van der Waals surface area contributed by atoms with Gasteiger partial charge >= 0.3 is 21.7 Å². The predicted octanol–water partition coefficient (Wildman–Crippen LogP) is 3.89. The van der Waals surface area contributed by atoms with Crippen molar-refractivity contribution in [3.8, 4) is 11.1 Å². The Labute approximate surface area is 260 Å². The van der Waals surface area contributed by atoms with Crippen molar-refractivity contribution in [2.75, 3.05) is 12.3 Å². The van der Waals surface area contributed by atoms with Gasteiger partial charge in [0, 0.05) is 0 Å². The van der Waals surface area contributed by atoms with Crippen molar-refractivity contribution in [2.45, 2.75) is 71.6 Å². The smallest absolute Gasteiger partial charge is 1.00 e. The summed E-state index contributed by atoms with van der Waals surface area (Å²) >= 11 is 0. The van der Waals surface area contributed by atoms with Crippen molar-refractivity contribution >= 4 is 24.0 Å². The van der Waals surface area contributed by atoms with Crippen molar-refractivity contribution in [3.63, 3.8) is 0 Å². The number of benzene rings is 3. The summed E-state index contributed by atoms with van der Waals surface area (Å²) in [6.45, 7) is 4.61. The van der Waals surface area contributed by atoms with Gasteiger partial charge in [0.25, 0.3) is 0 Å². The van der Waals surface area contributed by atoms with Gasteiger partial charge in [-0.15, -0.1) is 45.9 Å². The maximum absolute atomic E-state index is 3.30. The van der Waals surface area contributed by atoms with Gasteiger partial charge in [-0.3, -0.25) is 0 Å². The zero-order chi connectivity index (χ0) is 24.3. The molecule has 1 aliphatic carbocycles. The fourth-order valence-corrected chi connectivity index (χ4v) is 7.74. The zero-order valence-electron chi connectivity index (χ0n) is 23.0. The van der Waals surface area contributed by atoms with Crippen LogP contribution in [0.25, 0.3) is 21.9 Å². The van der Waals surface area contributed by atoms with Crippen molar-refractivity contribution in [1.82, 2.24) is 0 Å². The van der Waals surface area contributed by atoms with E-state index in [1.807, 2.05) is 6.07 Å². The average Bonchev–Trinajstić information content (AvgIpc) is 3.50. The first-order valence-corrected chi connectivity index (χ1v) is 15.5. The molecule has 200 valence electrons. The van der Waals surface area contributed by atoms with E-state index in [-0.39, 0.29) is 54.5 Å². The van der Waals surface area contributed by atoms with Crippen LogP contribution in [0.1, 0.15) is 76.3 Å². The fourth-order valence-electron chi connectivity index (χ4n) is 5.14. The van der Waals surface area contributed by atoms with E-state index in [0.29, 0.717) is 0 Å². The van der Waals surface area contributed by atoms with E-state index in [2.05, 4.69) is 92.7 Å². The summed E-state index contributed by atoms with van der Waals surface area (Å²) in [5.74, 6) is 0. The molecule has 0 bridgehead atoms. The SMILES string of the molecule is CCCCCCP(CCCCCC)c1cc2ccccc2[cH-]1.[Cl-].[Cl-].[Ti+4].[c-]1cccc2c1Cc1ccccc1-2. The van der Waals surface area contributed by atoms with Crippen molar-refractivity contribution < 1.29 is 46.5 Å². The van der Waals surface area contributed by atoms with E-state index < -0.39 is 0 Å². The molecule has 4 aromatic carbocycles. The molecule has 0 radical (unpaired) electrons. The molecule has 0 amide bonds. The zero-order valence-corrected chi connectivity index (χ0v) is 27.0. The van der Waals surface area contributed by atoms with Gasteiger partial charge in [0.15, 0.2) is 0 Å². The third-order valence-electron chi connectivity index (χ3n) is 7.15. The van der Waals surface area contributed by atoms with E-state index in [9.17, 15) is 0 Å². The quantitative estimate of drug-likeness (QED) is 0.0937. The molecule has 0 spiro atoms. The van der Waals surface area contributed by atoms with Crippen LogP contribution in [0.3, 0.4) is 0 Å². The van der Waals surface area contributed by atoms with Crippen LogP contribution in [-0.2, 0) is 28.1 Å². The van der Waals surface area contributed by atoms with Gasteiger partial charge in [-0.1, -0.05) is 102 Å². The van der Waals surface area contributed by atoms with Crippen LogP contribution in [0.5, 0.6) is 0 Å². The minimum absolute atomic E-state index is 0. The van der Waals surface area contributed by atoms with E-state index in [1.54, 1.807) is 5.30 Å². The van der Waals surface area contributed by atoms with Crippen LogP contribution in [0.4, 0.5) is 0 Å². The second-order valence-corrected chi connectivity index (χ2v) is 12.3. The number of hydrogen-bond acceptors (Lipinski definition) is 0. The topological polar surface area (TPSA) is 0 Å². The van der Waals surface area contributed by atoms with Crippen LogP contribution in [0.15, 0.2) is 78.9 Å². The Hall–Kier alpha value is -1.01. The minimum atomic E-state index is 0. The summed E-state index contributed by atoms with van der Waals surface area (Å²) < 4.78 is 0. The van der Waals surface area contributed by atoms with Crippen molar-refractivity contribution in [3.05, 3.63) is 96.1 Å². The first-order chi connectivity index (χ1) is 17.3. The Morgan fingerprint density at radius 1 is 0.737 bits per heavy atom. The third kappa shape index (κ3) is 9.87. The Balaban J connectivity index is 0.000000387. The second kappa shape index (κ2) is 19.1. The molecule has 38 heavy (non-hydrogen) atoms. The van der Waals surface area contributed by atoms with Crippen LogP contribution >= 0.6 is 7.92 Å².